The molecule has 5 heteroatoms. The number of rotatable bonds is 9. The van der Waals surface area contributed by atoms with Crippen molar-refractivity contribution < 1.29 is 4.74 Å². The number of halogens is 2. The summed E-state index contributed by atoms with van der Waals surface area (Å²) in [5.74, 6) is 0.728. The third-order valence-corrected chi connectivity index (χ3v) is 3.75. The van der Waals surface area contributed by atoms with Gasteiger partial charge in [-0.05, 0) is 39.1 Å². The van der Waals surface area contributed by atoms with Crippen LogP contribution in [0.25, 0.3) is 0 Å². The summed E-state index contributed by atoms with van der Waals surface area (Å²) in [7, 11) is 0. The number of nitrogens with one attached hydrogen (secondary N) is 1. The van der Waals surface area contributed by atoms with Gasteiger partial charge in [0, 0.05) is 30.2 Å². The summed E-state index contributed by atoms with van der Waals surface area (Å²) in [6.07, 6.45) is 0.0816. The molecule has 1 rings (SSSR count). The van der Waals surface area contributed by atoms with Gasteiger partial charge in [0.2, 0.25) is 0 Å². The molecule has 0 aliphatic heterocycles. The van der Waals surface area contributed by atoms with E-state index in [-0.39, 0.29) is 6.10 Å². The minimum absolute atomic E-state index is 0.0816. The predicted octanol–water partition coefficient (Wildman–Crippen LogP) is 4.21. The van der Waals surface area contributed by atoms with Crippen LogP contribution in [0.2, 0.25) is 10.0 Å². The van der Waals surface area contributed by atoms with E-state index in [0.29, 0.717) is 16.6 Å². The average Bonchev–Trinajstić information content (AvgIpc) is 2.42. The van der Waals surface area contributed by atoms with Crippen LogP contribution in [0.1, 0.15) is 33.3 Å². The highest BCUT2D eigenvalue weighted by molar-refractivity contribution is 6.35. The van der Waals surface area contributed by atoms with Gasteiger partial charge in [0.05, 0.1) is 11.1 Å². The standard InChI is InChI=1S/C16H26Cl2N2O/c1-5-20(6-2)8-7-19-11-13-9-14(17)10-15(18)16(13)21-12(3)4/h9-10,12,19H,5-8,11H2,1-4H3. The largest absolute Gasteiger partial charge is 0.489 e. The summed E-state index contributed by atoms with van der Waals surface area (Å²) in [5, 5.41) is 4.63. The van der Waals surface area contributed by atoms with E-state index < -0.39 is 0 Å². The van der Waals surface area contributed by atoms with Crippen LogP contribution >= 0.6 is 23.2 Å². The van der Waals surface area contributed by atoms with Gasteiger partial charge in [-0.2, -0.15) is 0 Å². The average molecular weight is 333 g/mol. The summed E-state index contributed by atoms with van der Waals surface area (Å²) < 4.78 is 5.81. The molecule has 0 aliphatic carbocycles. The molecule has 0 amide bonds. The number of hydrogen-bond donors (Lipinski definition) is 1. The number of nitrogens with zero attached hydrogens (tertiary/aromatic N) is 1. The first-order valence-corrected chi connectivity index (χ1v) is 8.31. The lowest BCUT2D eigenvalue weighted by Crippen LogP contribution is -2.31. The molecule has 3 nitrogen and oxygen atoms in total. The van der Waals surface area contributed by atoms with E-state index in [1.807, 2.05) is 19.9 Å². The van der Waals surface area contributed by atoms with E-state index in [4.69, 9.17) is 27.9 Å². The molecular formula is C16H26Cl2N2O. The molecule has 0 bridgehead atoms. The first-order chi connectivity index (χ1) is 9.97. The van der Waals surface area contributed by atoms with Crippen molar-refractivity contribution in [1.29, 1.82) is 0 Å². The molecule has 0 atom stereocenters. The molecule has 0 heterocycles. The second-order valence-corrected chi connectivity index (χ2v) is 6.09. The monoisotopic (exact) mass is 332 g/mol. The molecular weight excluding hydrogens is 307 g/mol. The number of likely N-dealkylation sites (N-methyl/N-ethyl adjacent to an activating group) is 1. The van der Waals surface area contributed by atoms with Crippen LogP contribution in [0.4, 0.5) is 0 Å². The van der Waals surface area contributed by atoms with Gasteiger partial charge in [-0.1, -0.05) is 37.0 Å². The van der Waals surface area contributed by atoms with E-state index in [2.05, 4.69) is 24.1 Å². The number of hydrogen-bond acceptors (Lipinski definition) is 3. The van der Waals surface area contributed by atoms with Gasteiger partial charge in [-0.3, -0.25) is 0 Å². The van der Waals surface area contributed by atoms with Gasteiger partial charge in [-0.25, -0.2) is 0 Å². The Bertz CT molecular complexity index is 435. The van der Waals surface area contributed by atoms with Crippen molar-refractivity contribution in [3.05, 3.63) is 27.7 Å². The van der Waals surface area contributed by atoms with Gasteiger partial charge in [-0.15, -0.1) is 0 Å². The van der Waals surface area contributed by atoms with Gasteiger partial charge in [0.25, 0.3) is 0 Å². The van der Waals surface area contributed by atoms with Gasteiger partial charge >= 0.3 is 0 Å². The van der Waals surface area contributed by atoms with Gasteiger partial charge in [0.15, 0.2) is 0 Å². The normalized spacial score (nSPS) is 11.4. The van der Waals surface area contributed by atoms with Crippen molar-refractivity contribution in [2.75, 3.05) is 26.2 Å². The Hall–Kier alpha value is -0.480. The molecule has 1 N–H and O–H groups in total. The van der Waals surface area contributed by atoms with Crippen LogP contribution in [-0.4, -0.2) is 37.2 Å². The highest BCUT2D eigenvalue weighted by Crippen LogP contribution is 2.33. The fourth-order valence-corrected chi connectivity index (χ4v) is 2.69. The molecule has 1 aromatic rings. The highest BCUT2D eigenvalue weighted by Gasteiger charge is 2.12. The SMILES string of the molecule is CCN(CC)CCNCc1cc(Cl)cc(Cl)c1OC(C)C. The van der Waals surface area contributed by atoms with E-state index >= 15 is 0 Å². The minimum Gasteiger partial charge on any atom is -0.489 e. The molecule has 0 saturated heterocycles. The van der Waals surface area contributed by atoms with E-state index in [1.165, 1.54) is 0 Å². The maximum atomic E-state index is 6.24. The van der Waals surface area contributed by atoms with Crippen molar-refractivity contribution in [2.24, 2.45) is 0 Å². The lowest BCUT2D eigenvalue weighted by molar-refractivity contribution is 0.239. The lowest BCUT2D eigenvalue weighted by atomic mass is 10.2. The minimum atomic E-state index is 0.0816. The summed E-state index contributed by atoms with van der Waals surface area (Å²) in [4.78, 5) is 2.38. The highest BCUT2D eigenvalue weighted by atomic mass is 35.5. The molecule has 21 heavy (non-hydrogen) atoms. The third-order valence-electron chi connectivity index (χ3n) is 3.25. The van der Waals surface area contributed by atoms with Crippen molar-refractivity contribution in [1.82, 2.24) is 10.2 Å². The molecule has 0 spiro atoms. The maximum absolute atomic E-state index is 6.24. The van der Waals surface area contributed by atoms with Crippen LogP contribution in [0.3, 0.4) is 0 Å². The molecule has 0 unspecified atom stereocenters. The molecule has 120 valence electrons. The Morgan fingerprint density at radius 3 is 2.43 bits per heavy atom. The van der Waals surface area contributed by atoms with Crippen LogP contribution in [0, 0.1) is 0 Å². The Kier molecular flexibility index (Phi) is 8.42. The Balaban J connectivity index is 2.64. The summed E-state index contributed by atoms with van der Waals surface area (Å²) in [6, 6.07) is 3.63. The zero-order valence-corrected chi connectivity index (χ0v) is 14.9. The second kappa shape index (κ2) is 9.52. The second-order valence-electron chi connectivity index (χ2n) is 5.25. The fraction of sp³-hybridized carbons (Fsp3) is 0.625. The Labute approximate surface area is 138 Å². The first-order valence-electron chi connectivity index (χ1n) is 7.55. The quantitative estimate of drug-likeness (QED) is 0.685. The predicted molar refractivity (Wildman–Crippen MR) is 91.7 cm³/mol. The maximum Gasteiger partial charge on any atom is 0.142 e. The Morgan fingerprint density at radius 2 is 1.86 bits per heavy atom. The van der Waals surface area contributed by atoms with Crippen molar-refractivity contribution >= 4 is 23.2 Å². The summed E-state index contributed by atoms with van der Waals surface area (Å²) >= 11 is 12.3. The number of benzene rings is 1. The smallest absolute Gasteiger partial charge is 0.142 e. The van der Waals surface area contributed by atoms with Crippen molar-refractivity contribution in [3.63, 3.8) is 0 Å². The van der Waals surface area contributed by atoms with Crippen molar-refractivity contribution in [3.8, 4) is 5.75 Å². The lowest BCUT2D eigenvalue weighted by Gasteiger charge is -2.19. The first kappa shape index (κ1) is 18.6. The van der Waals surface area contributed by atoms with Crippen LogP contribution in [-0.2, 0) is 6.54 Å². The summed E-state index contributed by atoms with van der Waals surface area (Å²) in [6.45, 7) is 13.1. The molecule has 0 aliphatic rings. The van der Waals surface area contributed by atoms with E-state index in [9.17, 15) is 0 Å². The zero-order chi connectivity index (χ0) is 15.8. The van der Waals surface area contributed by atoms with Crippen LogP contribution in [0.15, 0.2) is 12.1 Å². The zero-order valence-electron chi connectivity index (χ0n) is 13.4. The van der Waals surface area contributed by atoms with Gasteiger partial charge < -0.3 is 15.0 Å². The van der Waals surface area contributed by atoms with E-state index in [0.717, 1.165) is 37.5 Å². The fourth-order valence-electron chi connectivity index (χ4n) is 2.11. The molecule has 0 aromatic heterocycles. The molecule has 0 fully saturated rings. The van der Waals surface area contributed by atoms with Crippen molar-refractivity contribution in [2.45, 2.75) is 40.3 Å². The van der Waals surface area contributed by atoms with Gasteiger partial charge in [0.1, 0.15) is 5.75 Å². The van der Waals surface area contributed by atoms with E-state index in [1.54, 1.807) is 6.07 Å². The summed E-state index contributed by atoms with van der Waals surface area (Å²) in [5.41, 5.74) is 1.00. The molecule has 0 radical (unpaired) electrons. The number of ether oxygens (including phenoxy) is 1. The van der Waals surface area contributed by atoms with Crippen LogP contribution in [0.5, 0.6) is 5.75 Å². The Morgan fingerprint density at radius 1 is 1.19 bits per heavy atom. The van der Waals surface area contributed by atoms with Crippen LogP contribution < -0.4 is 10.1 Å². The molecule has 0 saturated carbocycles. The third kappa shape index (κ3) is 6.43. The topological polar surface area (TPSA) is 24.5 Å². The molecule has 1 aromatic carbocycles.